The maximum absolute atomic E-state index is 11.6. The Morgan fingerprint density at radius 2 is 2.00 bits per heavy atom. The Hall–Kier alpha value is -1.69. The van der Waals surface area contributed by atoms with E-state index in [4.69, 9.17) is 10.5 Å². The fourth-order valence-corrected chi connectivity index (χ4v) is 3.46. The number of methoxy groups -OCH3 is 1. The number of rotatable bonds is 2. The molecule has 2 unspecified atom stereocenters. The lowest BCUT2D eigenvalue weighted by Crippen LogP contribution is -2.48. The van der Waals surface area contributed by atoms with Crippen LogP contribution in [0.1, 0.15) is 42.0 Å². The van der Waals surface area contributed by atoms with E-state index < -0.39 is 5.97 Å². The van der Waals surface area contributed by atoms with Gasteiger partial charge in [0.05, 0.1) is 7.11 Å². The molecule has 0 saturated carbocycles. The summed E-state index contributed by atoms with van der Waals surface area (Å²) in [6, 6.07) is 3.09. The molecule has 6 nitrogen and oxygen atoms in total. The fourth-order valence-electron chi connectivity index (χ4n) is 3.46. The van der Waals surface area contributed by atoms with E-state index >= 15 is 0 Å². The molecule has 2 atom stereocenters. The van der Waals surface area contributed by atoms with Gasteiger partial charge in [0, 0.05) is 29.9 Å². The molecule has 1 aromatic heterocycles. The minimum absolute atomic E-state index is 0.136. The Morgan fingerprint density at radius 3 is 2.60 bits per heavy atom. The predicted octanol–water partition coefficient (Wildman–Crippen LogP) is 1.03. The van der Waals surface area contributed by atoms with Crippen molar-refractivity contribution in [3.63, 3.8) is 0 Å². The maximum atomic E-state index is 11.6. The molecule has 20 heavy (non-hydrogen) atoms. The van der Waals surface area contributed by atoms with Gasteiger partial charge in [0.25, 0.3) is 0 Å². The lowest BCUT2D eigenvalue weighted by Gasteiger charge is -2.38. The molecule has 3 rings (SSSR count). The van der Waals surface area contributed by atoms with Gasteiger partial charge in [-0.2, -0.15) is 0 Å². The molecule has 0 aliphatic carbocycles. The number of carbonyl (C=O) groups excluding carboxylic acids is 1. The maximum Gasteiger partial charge on any atom is 0.376 e. The molecular weight excluding hydrogens is 256 g/mol. The standard InChI is InChI=1S/C14H20N4O2/c1-8-5-12(17-13(16-8)14(19)20-2)18-10-3-4-11(18)7-9(15)6-10/h5,9-11H,3-4,6-7,15H2,1-2H3. The van der Waals surface area contributed by atoms with Crippen LogP contribution in [0.2, 0.25) is 0 Å². The average Bonchev–Trinajstić information content (AvgIpc) is 2.69. The first kappa shape index (κ1) is 13.3. The topological polar surface area (TPSA) is 81.3 Å². The second-order valence-electron chi connectivity index (χ2n) is 5.71. The van der Waals surface area contributed by atoms with Gasteiger partial charge >= 0.3 is 5.97 Å². The van der Waals surface area contributed by atoms with E-state index in [-0.39, 0.29) is 11.9 Å². The fraction of sp³-hybridized carbons (Fsp3) is 0.643. The molecule has 2 N–H and O–H groups in total. The highest BCUT2D eigenvalue weighted by molar-refractivity contribution is 5.85. The average molecular weight is 276 g/mol. The number of esters is 1. The van der Waals surface area contributed by atoms with Crippen LogP contribution < -0.4 is 10.6 Å². The Labute approximate surface area is 118 Å². The number of hydrogen-bond donors (Lipinski definition) is 1. The zero-order chi connectivity index (χ0) is 14.3. The van der Waals surface area contributed by atoms with Gasteiger partial charge in [0.2, 0.25) is 5.82 Å². The van der Waals surface area contributed by atoms with Crippen LogP contribution in [0.15, 0.2) is 6.07 Å². The highest BCUT2D eigenvalue weighted by Gasteiger charge is 2.40. The minimum atomic E-state index is -0.490. The van der Waals surface area contributed by atoms with Gasteiger partial charge in [0.15, 0.2) is 0 Å². The van der Waals surface area contributed by atoms with Crippen LogP contribution in [0.4, 0.5) is 5.82 Å². The largest absolute Gasteiger partial charge is 0.463 e. The first-order valence-electron chi connectivity index (χ1n) is 7.06. The number of anilines is 1. The van der Waals surface area contributed by atoms with Crippen molar-refractivity contribution in [2.75, 3.05) is 12.0 Å². The zero-order valence-corrected chi connectivity index (χ0v) is 11.9. The van der Waals surface area contributed by atoms with Crippen LogP contribution >= 0.6 is 0 Å². The number of aryl methyl sites for hydroxylation is 1. The number of fused-ring (bicyclic) bond motifs is 2. The molecule has 6 heteroatoms. The summed E-state index contributed by atoms with van der Waals surface area (Å²) in [7, 11) is 1.34. The van der Waals surface area contributed by atoms with Crippen molar-refractivity contribution in [3.8, 4) is 0 Å². The minimum Gasteiger partial charge on any atom is -0.463 e. The molecule has 2 bridgehead atoms. The number of carbonyl (C=O) groups is 1. The SMILES string of the molecule is COC(=O)c1nc(C)cc(N2C3CCC2CC(N)C3)n1. The molecule has 2 fully saturated rings. The highest BCUT2D eigenvalue weighted by Crippen LogP contribution is 2.38. The monoisotopic (exact) mass is 276 g/mol. The van der Waals surface area contributed by atoms with Gasteiger partial charge in [-0.15, -0.1) is 0 Å². The Bertz CT molecular complexity index is 520. The van der Waals surface area contributed by atoms with Crippen LogP contribution in [0.3, 0.4) is 0 Å². The van der Waals surface area contributed by atoms with E-state index in [1.807, 2.05) is 13.0 Å². The van der Waals surface area contributed by atoms with E-state index in [0.29, 0.717) is 12.1 Å². The number of ether oxygens (including phenoxy) is 1. The third-order valence-corrected chi connectivity index (χ3v) is 4.24. The molecule has 0 amide bonds. The van der Waals surface area contributed by atoms with E-state index in [1.165, 1.54) is 7.11 Å². The highest BCUT2D eigenvalue weighted by atomic mass is 16.5. The first-order chi connectivity index (χ1) is 9.58. The van der Waals surface area contributed by atoms with Crippen molar-refractivity contribution in [3.05, 3.63) is 17.6 Å². The predicted molar refractivity (Wildman–Crippen MR) is 74.6 cm³/mol. The van der Waals surface area contributed by atoms with Crippen molar-refractivity contribution in [2.45, 2.75) is 50.7 Å². The first-order valence-corrected chi connectivity index (χ1v) is 7.06. The van der Waals surface area contributed by atoms with Crippen LogP contribution in [0.25, 0.3) is 0 Å². The molecule has 2 saturated heterocycles. The molecule has 0 radical (unpaired) electrons. The molecular formula is C14H20N4O2. The smallest absolute Gasteiger partial charge is 0.376 e. The summed E-state index contributed by atoms with van der Waals surface area (Å²) in [6.07, 6.45) is 4.28. The summed E-state index contributed by atoms with van der Waals surface area (Å²) >= 11 is 0. The van der Waals surface area contributed by atoms with Crippen LogP contribution in [0, 0.1) is 6.92 Å². The Balaban J connectivity index is 1.94. The zero-order valence-electron chi connectivity index (χ0n) is 11.9. The van der Waals surface area contributed by atoms with Crippen LogP contribution in [-0.2, 0) is 4.74 Å². The molecule has 2 aliphatic rings. The van der Waals surface area contributed by atoms with Crippen molar-refractivity contribution < 1.29 is 9.53 Å². The molecule has 1 aromatic rings. The second kappa shape index (κ2) is 5.01. The normalized spacial score (nSPS) is 28.6. The quantitative estimate of drug-likeness (QED) is 0.813. The summed E-state index contributed by atoms with van der Waals surface area (Å²) in [4.78, 5) is 22.5. The van der Waals surface area contributed by atoms with Gasteiger partial charge in [-0.25, -0.2) is 14.8 Å². The second-order valence-corrected chi connectivity index (χ2v) is 5.71. The summed E-state index contributed by atoms with van der Waals surface area (Å²) < 4.78 is 4.72. The molecule has 3 heterocycles. The van der Waals surface area contributed by atoms with E-state index in [9.17, 15) is 4.79 Å². The molecule has 0 spiro atoms. The van der Waals surface area contributed by atoms with Crippen LogP contribution in [0.5, 0.6) is 0 Å². The summed E-state index contributed by atoms with van der Waals surface area (Å²) in [5.74, 6) is 0.477. The van der Waals surface area contributed by atoms with Crippen molar-refractivity contribution >= 4 is 11.8 Å². The van der Waals surface area contributed by atoms with Gasteiger partial charge in [-0.1, -0.05) is 0 Å². The molecule has 108 valence electrons. The third-order valence-electron chi connectivity index (χ3n) is 4.24. The number of nitrogens with two attached hydrogens (primary N) is 1. The lowest BCUT2D eigenvalue weighted by molar-refractivity contribution is 0.0586. The van der Waals surface area contributed by atoms with Crippen LogP contribution in [-0.4, -0.2) is 41.2 Å². The van der Waals surface area contributed by atoms with E-state index in [1.54, 1.807) is 0 Å². The summed E-state index contributed by atoms with van der Waals surface area (Å²) in [5.41, 5.74) is 6.87. The third kappa shape index (κ3) is 2.24. The Morgan fingerprint density at radius 1 is 1.35 bits per heavy atom. The van der Waals surface area contributed by atoms with Crippen molar-refractivity contribution in [1.29, 1.82) is 0 Å². The van der Waals surface area contributed by atoms with Gasteiger partial charge < -0.3 is 15.4 Å². The van der Waals surface area contributed by atoms with E-state index in [2.05, 4.69) is 14.9 Å². The van der Waals surface area contributed by atoms with Crippen molar-refractivity contribution in [1.82, 2.24) is 9.97 Å². The summed E-state index contributed by atoms with van der Waals surface area (Å²) in [6.45, 7) is 1.87. The van der Waals surface area contributed by atoms with Gasteiger partial charge in [-0.3, -0.25) is 0 Å². The molecule has 0 aromatic carbocycles. The van der Waals surface area contributed by atoms with E-state index in [0.717, 1.165) is 37.2 Å². The Kier molecular flexibility index (Phi) is 3.33. The number of nitrogens with zero attached hydrogens (tertiary/aromatic N) is 3. The number of piperidine rings is 1. The molecule has 2 aliphatic heterocycles. The number of aromatic nitrogens is 2. The lowest BCUT2D eigenvalue weighted by atomic mass is 9.98. The van der Waals surface area contributed by atoms with Crippen molar-refractivity contribution in [2.24, 2.45) is 5.73 Å². The summed E-state index contributed by atoms with van der Waals surface area (Å²) in [5, 5.41) is 0. The number of hydrogen-bond acceptors (Lipinski definition) is 6. The van der Waals surface area contributed by atoms with Gasteiger partial charge in [0.1, 0.15) is 5.82 Å². The van der Waals surface area contributed by atoms with Gasteiger partial charge in [-0.05, 0) is 32.6 Å².